The predicted octanol–water partition coefficient (Wildman–Crippen LogP) is 4.13. The number of aryl methyl sites for hydroxylation is 1. The molecule has 2 aromatic rings. The number of rotatable bonds is 8. The molecule has 0 bridgehead atoms. The van der Waals surface area contributed by atoms with Gasteiger partial charge in [0.05, 0.1) is 6.54 Å². The van der Waals surface area contributed by atoms with Crippen LogP contribution in [0.15, 0.2) is 54.6 Å². The molecule has 1 atom stereocenters. The summed E-state index contributed by atoms with van der Waals surface area (Å²) in [5.74, 6) is 0. The number of ether oxygens (including phenoxy) is 1. The highest BCUT2D eigenvalue weighted by molar-refractivity contribution is 6.30. The molecule has 2 rings (SSSR count). The first kappa shape index (κ1) is 19.3. The number of hydrogen-bond donors (Lipinski definition) is 2. The molecular formula is C20H25ClN2O2. The normalized spacial score (nSPS) is 13.1. The second-order valence-corrected chi connectivity index (χ2v) is 6.58. The van der Waals surface area contributed by atoms with E-state index in [0.717, 1.165) is 18.4 Å². The Hall–Kier alpha value is -2.04. The number of hydrogen-bond acceptors (Lipinski definition) is 2. The Morgan fingerprint density at radius 1 is 1.12 bits per heavy atom. The number of carbonyl (C=O) groups excluding carboxylic acids is 1. The Morgan fingerprint density at radius 3 is 2.56 bits per heavy atom. The first-order valence-corrected chi connectivity index (χ1v) is 8.78. The number of methoxy groups -OCH3 is 1. The zero-order chi connectivity index (χ0) is 18.1. The molecular weight excluding hydrogens is 336 g/mol. The van der Waals surface area contributed by atoms with Crippen molar-refractivity contribution < 1.29 is 9.53 Å². The monoisotopic (exact) mass is 360 g/mol. The van der Waals surface area contributed by atoms with Crippen LogP contribution in [-0.4, -0.2) is 26.2 Å². The molecule has 5 heteroatoms. The Balaban J connectivity index is 1.76. The second kappa shape index (κ2) is 9.44. The molecule has 25 heavy (non-hydrogen) atoms. The van der Waals surface area contributed by atoms with E-state index in [9.17, 15) is 4.79 Å². The van der Waals surface area contributed by atoms with E-state index in [1.54, 1.807) is 7.11 Å². The van der Waals surface area contributed by atoms with Crippen LogP contribution >= 0.6 is 11.6 Å². The van der Waals surface area contributed by atoms with Gasteiger partial charge in [-0.25, -0.2) is 4.79 Å². The molecule has 0 saturated heterocycles. The van der Waals surface area contributed by atoms with Crippen LogP contribution in [0.2, 0.25) is 5.02 Å². The summed E-state index contributed by atoms with van der Waals surface area (Å²) in [4.78, 5) is 12.0. The minimum atomic E-state index is -0.633. The van der Waals surface area contributed by atoms with Gasteiger partial charge in [0.1, 0.15) is 5.60 Å². The molecule has 0 spiro atoms. The van der Waals surface area contributed by atoms with Crippen molar-refractivity contribution in [3.8, 4) is 0 Å². The number of amides is 2. The van der Waals surface area contributed by atoms with E-state index in [1.807, 2.05) is 49.4 Å². The van der Waals surface area contributed by atoms with Crippen LogP contribution in [0.5, 0.6) is 0 Å². The van der Waals surface area contributed by atoms with Gasteiger partial charge < -0.3 is 15.4 Å². The van der Waals surface area contributed by atoms with E-state index in [-0.39, 0.29) is 6.03 Å². The van der Waals surface area contributed by atoms with Gasteiger partial charge in [0.15, 0.2) is 0 Å². The summed E-state index contributed by atoms with van der Waals surface area (Å²) in [6.45, 7) is 2.91. The van der Waals surface area contributed by atoms with Gasteiger partial charge in [0, 0.05) is 18.7 Å². The fraction of sp³-hybridized carbons (Fsp3) is 0.350. The minimum absolute atomic E-state index is 0.196. The second-order valence-electron chi connectivity index (χ2n) is 6.14. The number of urea groups is 1. The van der Waals surface area contributed by atoms with Gasteiger partial charge in [-0.05, 0) is 43.0 Å². The van der Waals surface area contributed by atoms with Crippen molar-refractivity contribution in [3.63, 3.8) is 0 Å². The Bertz CT molecular complexity index is 678. The summed E-state index contributed by atoms with van der Waals surface area (Å²) in [7, 11) is 1.63. The molecule has 0 heterocycles. The highest BCUT2D eigenvalue weighted by atomic mass is 35.5. The average Bonchev–Trinajstić information content (AvgIpc) is 2.64. The smallest absolute Gasteiger partial charge is 0.314 e. The summed E-state index contributed by atoms with van der Waals surface area (Å²) >= 11 is 6.05. The zero-order valence-electron chi connectivity index (χ0n) is 14.7. The van der Waals surface area contributed by atoms with E-state index in [2.05, 4.69) is 22.8 Å². The lowest BCUT2D eigenvalue weighted by Gasteiger charge is -2.29. The van der Waals surface area contributed by atoms with E-state index in [4.69, 9.17) is 16.3 Å². The highest BCUT2D eigenvalue weighted by Crippen LogP contribution is 2.26. The minimum Gasteiger partial charge on any atom is -0.372 e. The van der Waals surface area contributed by atoms with E-state index < -0.39 is 5.60 Å². The zero-order valence-corrected chi connectivity index (χ0v) is 15.5. The van der Waals surface area contributed by atoms with Gasteiger partial charge in [-0.1, -0.05) is 54.1 Å². The molecule has 0 aliphatic rings. The molecule has 0 fully saturated rings. The van der Waals surface area contributed by atoms with Gasteiger partial charge in [0.25, 0.3) is 0 Å². The van der Waals surface area contributed by atoms with Crippen LogP contribution in [0.3, 0.4) is 0 Å². The molecule has 2 aromatic carbocycles. The summed E-state index contributed by atoms with van der Waals surface area (Å²) < 4.78 is 5.61. The van der Waals surface area contributed by atoms with Crippen LogP contribution in [0, 0.1) is 0 Å². The maximum Gasteiger partial charge on any atom is 0.314 e. The lowest BCUT2D eigenvalue weighted by atomic mass is 9.96. The van der Waals surface area contributed by atoms with Crippen molar-refractivity contribution in [2.24, 2.45) is 0 Å². The van der Waals surface area contributed by atoms with Crippen molar-refractivity contribution in [2.45, 2.75) is 25.4 Å². The van der Waals surface area contributed by atoms with Crippen LogP contribution in [0.25, 0.3) is 0 Å². The SMILES string of the molecule is COC(C)(CNC(=O)NCCCc1ccccc1)c1cccc(Cl)c1. The molecule has 1 unspecified atom stereocenters. The maximum atomic E-state index is 12.0. The van der Waals surface area contributed by atoms with Crippen molar-refractivity contribution in [1.82, 2.24) is 10.6 Å². The van der Waals surface area contributed by atoms with Gasteiger partial charge in [-0.15, -0.1) is 0 Å². The quantitative estimate of drug-likeness (QED) is 0.695. The lowest BCUT2D eigenvalue weighted by Crippen LogP contribution is -2.44. The largest absolute Gasteiger partial charge is 0.372 e. The number of nitrogens with one attached hydrogen (secondary N) is 2. The van der Waals surface area contributed by atoms with Gasteiger partial charge in [0.2, 0.25) is 0 Å². The molecule has 2 amide bonds. The highest BCUT2D eigenvalue weighted by Gasteiger charge is 2.27. The Morgan fingerprint density at radius 2 is 1.88 bits per heavy atom. The van der Waals surface area contributed by atoms with Crippen molar-refractivity contribution in [2.75, 3.05) is 20.2 Å². The first-order valence-electron chi connectivity index (χ1n) is 8.40. The van der Waals surface area contributed by atoms with E-state index in [1.165, 1.54) is 5.56 Å². The maximum absolute atomic E-state index is 12.0. The van der Waals surface area contributed by atoms with Gasteiger partial charge in [-0.2, -0.15) is 0 Å². The summed E-state index contributed by atoms with van der Waals surface area (Å²) in [5.41, 5.74) is 1.57. The number of benzene rings is 2. The third kappa shape index (κ3) is 6.07. The molecule has 4 nitrogen and oxygen atoms in total. The van der Waals surface area contributed by atoms with Crippen molar-refractivity contribution in [3.05, 3.63) is 70.7 Å². The predicted molar refractivity (Wildman–Crippen MR) is 102 cm³/mol. The topological polar surface area (TPSA) is 50.4 Å². The van der Waals surface area contributed by atoms with Crippen LogP contribution in [0.4, 0.5) is 4.79 Å². The van der Waals surface area contributed by atoms with Crippen molar-refractivity contribution in [1.29, 1.82) is 0 Å². The molecule has 0 saturated carbocycles. The number of carbonyl (C=O) groups is 1. The van der Waals surface area contributed by atoms with Crippen molar-refractivity contribution >= 4 is 17.6 Å². The van der Waals surface area contributed by atoms with Crippen LogP contribution in [-0.2, 0) is 16.8 Å². The molecule has 2 N–H and O–H groups in total. The van der Waals surface area contributed by atoms with Crippen LogP contribution < -0.4 is 10.6 Å². The van der Waals surface area contributed by atoms with Gasteiger partial charge >= 0.3 is 6.03 Å². The van der Waals surface area contributed by atoms with E-state index >= 15 is 0 Å². The molecule has 0 aromatic heterocycles. The molecule has 0 aliphatic heterocycles. The standard InChI is InChI=1S/C20H25ClN2O2/c1-20(25-2,17-11-6-12-18(21)14-17)15-23-19(24)22-13-7-10-16-8-4-3-5-9-16/h3-6,8-9,11-12,14H,7,10,13,15H2,1-2H3,(H2,22,23,24). The molecule has 0 radical (unpaired) electrons. The first-order chi connectivity index (χ1) is 12.0. The molecule has 0 aliphatic carbocycles. The summed E-state index contributed by atoms with van der Waals surface area (Å²) in [6, 6.07) is 17.5. The third-order valence-electron chi connectivity index (χ3n) is 4.24. The Kier molecular flexibility index (Phi) is 7.29. The van der Waals surface area contributed by atoms with Crippen LogP contribution in [0.1, 0.15) is 24.5 Å². The van der Waals surface area contributed by atoms with E-state index in [0.29, 0.717) is 18.1 Å². The summed E-state index contributed by atoms with van der Waals surface area (Å²) in [5, 5.41) is 6.40. The fourth-order valence-electron chi connectivity index (χ4n) is 2.56. The summed E-state index contributed by atoms with van der Waals surface area (Å²) in [6.07, 6.45) is 1.84. The third-order valence-corrected chi connectivity index (χ3v) is 4.48. The average molecular weight is 361 g/mol. The Labute approximate surface area is 154 Å². The molecule has 134 valence electrons. The lowest BCUT2D eigenvalue weighted by molar-refractivity contribution is 0.00489. The van der Waals surface area contributed by atoms with Gasteiger partial charge in [-0.3, -0.25) is 0 Å². The fourth-order valence-corrected chi connectivity index (χ4v) is 2.75. The number of halogens is 1.